The number of ether oxygens (including phenoxy) is 1. The summed E-state index contributed by atoms with van der Waals surface area (Å²) in [6, 6.07) is 12.0. The largest absolute Gasteiger partial charge is 0.452 e. The molecule has 0 fully saturated rings. The third-order valence-corrected chi connectivity index (χ3v) is 2.30. The maximum Gasteiger partial charge on any atom is 0.168 e. The number of hydrogen-bond acceptors (Lipinski definition) is 2. The summed E-state index contributed by atoms with van der Waals surface area (Å²) < 4.78 is 19.1. The van der Waals surface area contributed by atoms with Gasteiger partial charge in [-0.05, 0) is 30.7 Å². The minimum Gasteiger partial charge on any atom is -0.452 e. The molecule has 82 valence electrons. The van der Waals surface area contributed by atoms with Gasteiger partial charge in [0, 0.05) is 0 Å². The van der Waals surface area contributed by atoms with Crippen molar-refractivity contribution in [3.05, 3.63) is 53.8 Å². The van der Waals surface area contributed by atoms with Gasteiger partial charge in [-0.1, -0.05) is 24.3 Å². The van der Waals surface area contributed by atoms with Crippen molar-refractivity contribution in [3.8, 4) is 11.5 Å². The molecule has 0 atom stereocenters. The van der Waals surface area contributed by atoms with Crippen LogP contribution in [0, 0.1) is 12.7 Å². The van der Waals surface area contributed by atoms with Crippen molar-refractivity contribution in [3.63, 3.8) is 0 Å². The third-order valence-electron chi connectivity index (χ3n) is 2.30. The fraction of sp³-hybridized carbons (Fsp3) is 0.0769. The van der Waals surface area contributed by atoms with E-state index in [-0.39, 0.29) is 11.6 Å². The van der Waals surface area contributed by atoms with Gasteiger partial charge in [-0.25, -0.2) is 4.39 Å². The molecule has 0 aliphatic heterocycles. The molecule has 0 amide bonds. The second kappa shape index (κ2) is 4.23. The Hall–Kier alpha value is -2.03. The fourth-order valence-corrected chi connectivity index (χ4v) is 1.39. The molecule has 2 aromatic rings. The molecule has 0 unspecified atom stereocenters. The number of nitrogen functional groups attached to an aromatic ring is 1. The molecule has 0 aliphatic rings. The highest BCUT2D eigenvalue weighted by Gasteiger charge is 2.08. The van der Waals surface area contributed by atoms with Gasteiger partial charge in [0.05, 0.1) is 5.69 Å². The van der Waals surface area contributed by atoms with Crippen LogP contribution in [0.2, 0.25) is 0 Å². The first-order valence-corrected chi connectivity index (χ1v) is 4.96. The van der Waals surface area contributed by atoms with Crippen LogP contribution in [0.5, 0.6) is 11.5 Å². The summed E-state index contributed by atoms with van der Waals surface area (Å²) in [7, 11) is 0. The van der Waals surface area contributed by atoms with Crippen molar-refractivity contribution >= 4 is 5.69 Å². The lowest BCUT2D eigenvalue weighted by molar-refractivity contribution is 0.442. The summed E-state index contributed by atoms with van der Waals surface area (Å²) >= 11 is 0. The number of aryl methyl sites for hydroxylation is 1. The van der Waals surface area contributed by atoms with Crippen molar-refractivity contribution in [2.24, 2.45) is 0 Å². The third kappa shape index (κ3) is 1.98. The monoisotopic (exact) mass is 217 g/mol. The molecular formula is C13H12FNO. The number of rotatable bonds is 2. The molecule has 0 saturated heterocycles. The van der Waals surface area contributed by atoms with Gasteiger partial charge in [0.2, 0.25) is 0 Å². The van der Waals surface area contributed by atoms with Crippen LogP contribution in [0.15, 0.2) is 42.5 Å². The predicted octanol–water partition coefficient (Wildman–Crippen LogP) is 3.51. The first-order chi connectivity index (χ1) is 7.68. The van der Waals surface area contributed by atoms with E-state index in [9.17, 15) is 4.39 Å². The minimum absolute atomic E-state index is 0.193. The summed E-state index contributed by atoms with van der Waals surface area (Å²) in [5, 5.41) is 0. The standard InChI is InChI=1S/C13H12FNO/c1-9-5-4-8-12(13(9)14)16-11-7-3-2-6-10(11)15/h2-8H,15H2,1H3. The lowest BCUT2D eigenvalue weighted by Gasteiger charge is -2.09. The summed E-state index contributed by atoms with van der Waals surface area (Å²) in [5.74, 6) is 0.302. The Morgan fingerprint density at radius 2 is 1.69 bits per heavy atom. The Kier molecular flexibility index (Phi) is 2.77. The van der Waals surface area contributed by atoms with E-state index >= 15 is 0 Å². The topological polar surface area (TPSA) is 35.2 Å². The van der Waals surface area contributed by atoms with Gasteiger partial charge in [-0.2, -0.15) is 0 Å². The SMILES string of the molecule is Cc1cccc(Oc2ccccc2N)c1F. The van der Waals surface area contributed by atoms with E-state index in [1.54, 1.807) is 49.4 Å². The van der Waals surface area contributed by atoms with Crippen LogP contribution in [0.25, 0.3) is 0 Å². The molecule has 0 heterocycles. The number of anilines is 1. The quantitative estimate of drug-likeness (QED) is 0.781. The Morgan fingerprint density at radius 1 is 1.00 bits per heavy atom. The van der Waals surface area contributed by atoms with Crippen LogP contribution < -0.4 is 10.5 Å². The Bertz CT molecular complexity index is 511. The zero-order chi connectivity index (χ0) is 11.5. The number of halogens is 1. The lowest BCUT2D eigenvalue weighted by Crippen LogP contribution is -1.94. The molecule has 0 aliphatic carbocycles. The zero-order valence-electron chi connectivity index (χ0n) is 8.91. The van der Waals surface area contributed by atoms with E-state index in [4.69, 9.17) is 10.5 Å². The van der Waals surface area contributed by atoms with E-state index in [0.29, 0.717) is 17.0 Å². The lowest BCUT2D eigenvalue weighted by atomic mass is 10.2. The zero-order valence-corrected chi connectivity index (χ0v) is 8.91. The van der Waals surface area contributed by atoms with Crippen LogP contribution in [0.3, 0.4) is 0 Å². The molecule has 0 bridgehead atoms. The van der Waals surface area contributed by atoms with E-state index in [0.717, 1.165) is 0 Å². The number of benzene rings is 2. The maximum absolute atomic E-state index is 13.7. The van der Waals surface area contributed by atoms with Gasteiger partial charge in [-0.15, -0.1) is 0 Å². The molecule has 2 aromatic carbocycles. The number of para-hydroxylation sites is 2. The summed E-state index contributed by atoms with van der Waals surface area (Å²) in [6.07, 6.45) is 0. The van der Waals surface area contributed by atoms with Crippen molar-refractivity contribution in [2.45, 2.75) is 6.92 Å². The molecule has 0 spiro atoms. The number of hydrogen-bond donors (Lipinski definition) is 1. The molecule has 3 heteroatoms. The van der Waals surface area contributed by atoms with Crippen molar-refractivity contribution in [1.29, 1.82) is 0 Å². The van der Waals surface area contributed by atoms with Crippen molar-refractivity contribution < 1.29 is 9.13 Å². The fourth-order valence-electron chi connectivity index (χ4n) is 1.39. The van der Waals surface area contributed by atoms with E-state index in [1.165, 1.54) is 0 Å². The Labute approximate surface area is 93.5 Å². The molecule has 16 heavy (non-hydrogen) atoms. The highest BCUT2D eigenvalue weighted by atomic mass is 19.1. The van der Waals surface area contributed by atoms with Gasteiger partial charge >= 0.3 is 0 Å². The van der Waals surface area contributed by atoms with Crippen LogP contribution in [0.4, 0.5) is 10.1 Å². The van der Waals surface area contributed by atoms with Gasteiger partial charge in [0.1, 0.15) is 5.75 Å². The summed E-state index contributed by atoms with van der Waals surface area (Å²) in [4.78, 5) is 0. The smallest absolute Gasteiger partial charge is 0.168 e. The molecule has 0 aromatic heterocycles. The average Bonchev–Trinajstić information content (AvgIpc) is 2.28. The highest BCUT2D eigenvalue weighted by molar-refractivity contribution is 5.53. The van der Waals surface area contributed by atoms with E-state index < -0.39 is 0 Å². The summed E-state index contributed by atoms with van der Waals surface area (Å²) in [5.41, 5.74) is 6.75. The van der Waals surface area contributed by atoms with Crippen LogP contribution in [0.1, 0.15) is 5.56 Å². The van der Waals surface area contributed by atoms with Crippen LogP contribution in [-0.4, -0.2) is 0 Å². The Morgan fingerprint density at radius 3 is 2.44 bits per heavy atom. The van der Waals surface area contributed by atoms with Crippen molar-refractivity contribution in [1.82, 2.24) is 0 Å². The molecule has 2 rings (SSSR count). The van der Waals surface area contributed by atoms with Crippen molar-refractivity contribution in [2.75, 3.05) is 5.73 Å². The Balaban J connectivity index is 2.35. The molecule has 0 saturated carbocycles. The molecule has 2 N–H and O–H groups in total. The maximum atomic E-state index is 13.7. The molecular weight excluding hydrogens is 205 g/mol. The van der Waals surface area contributed by atoms with E-state index in [2.05, 4.69) is 0 Å². The second-order valence-corrected chi connectivity index (χ2v) is 3.53. The van der Waals surface area contributed by atoms with E-state index in [1.807, 2.05) is 0 Å². The van der Waals surface area contributed by atoms with Gasteiger partial charge in [0.15, 0.2) is 11.6 Å². The normalized spacial score (nSPS) is 10.1. The highest BCUT2D eigenvalue weighted by Crippen LogP contribution is 2.29. The molecule has 0 radical (unpaired) electrons. The van der Waals surface area contributed by atoms with Gasteiger partial charge < -0.3 is 10.5 Å². The van der Waals surface area contributed by atoms with Gasteiger partial charge in [0.25, 0.3) is 0 Å². The minimum atomic E-state index is -0.356. The van der Waals surface area contributed by atoms with Crippen LogP contribution >= 0.6 is 0 Å². The number of nitrogens with two attached hydrogens (primary N) is 1. The van der Waals surface area contributed by atoms with Gasteiger partial charge in [-0.3, -0.25) is 0 Å². The average molecular weight is 217 g/mol. The summed E-state index contributed by atoms with van der Waals surface area (Å²) in [6.45, 7) is 1.69. The predicted molar refractivity (Wildman–Crippen MR) is 62.1 cm³/mol. The first-order valence-electron chi connectivity index (χ1n) is 4.96. The first kappa shape index (κ1) is 10.5. The van der Waals surface area contributed by atoms with Crippen LogP contribution in [-0.2, 0) is 0 Å². The second-order valence-electron chi connectivity index (χ2n) is 3.53. The molecule has 2 nitrogen and oxygen atoms in total.